The Morgan fingerprint density at radius 3 is 3.00 bits per heavy atom. The molecule has 1 N–H and O–H groups in total. The van der Waals surface area contributed by atoms with E-state index in [1.54, 1.807) is 0 Å². The van der Waals surface area contributed by atoms with Crippen LogP contribution in [0.3, 0.4) is 0 Å². The van der Waals surface area contributed by atoms with E-state index in [1.165, 1.54) is 6.42 Å². The van der Waals surface area contributed by atoms with Crippen LogP contribution in [-0.4, -0.2) is 20.6 Å². The maximum absolute atomic E-state index is 4.48. The van der Waals surface area contributed by atoms with Crippen molar-refractivity contribution in [1.82, 2.24) is 14.6 Å². The third-order valence-electron chi connectivity index (χ3n) is 2.65. The van der Waals surface area contributed by atoms with Crippen molar-refractivity contribution in [3.05, 3.63) is 23.9 Å². The van der Waals surface area contributed by atoms with Gasteiger partial charge in [0, 0.05) is 12.2 Å². The quantitative estimate of drug-likeness (QED) is 0.857. The Kier molecular flexibility index (Phi) is 3.08. The molecule has 2 aromatic rings. The number of aryl methyl sites for hydroxylation is 1. The molecule has 0 spiro atoms. The van der Waals surface area contributed by atoms with Crippen molar-refractivity contribution >= 4 is 11.6 Å². The zero-order chi connectivity index (χ0) is 11.5. The molecule has 0 saturated carbocycles. The van der Waals surface area contributed by atoms with E-state index >= 15 is 0 Å². The Labute approximate surface area is 95.7 Å². The van der Waals surface area contributed by atoms with Crippen molar-refractivity contribution in [1.29, 1.82) is 0 Å². The van der Waals surface area contributed by atoms with E-state index < -0.39 is 0 Å². The lowest BCUT2D eigenvalue weighted by molar-refractivity contribution is 0.683. The Morgan fingerprint density at radius 1 is 1.50 bits per heavy atom. The first-order chi connectivity index (χ1) is 7.70. The zero-order valence-corrected chi connectivity index (χ0v) is 10.1. The predicted octanol–water partition coefficient (Wildman–Crippen LogP) is 2.64. The van der Waals surface area contributed by atoms with Crippen LogP contribution in [0.25, 0.3) is 5.65 Å². The van der Waals surface area contributed by atoms with E-state index in [0.29, 0.717) is 6.04 Å². The van der Waals surface area contributed by atoms with Gasteiger partial charge in [0.25, 0.3) is 0 Å². The van der Waals surface area contributed by atoms with Crippen molar-refractivity contribution in [3.8, 4) is 0 Å². The van der Waals surface area contributed by atoms with Gasteiger partial charge in [-0.2, -0.15) is 4.98 Å². The van der Waals surface area contributed by atoms with Gasteiger partial charge >= 0.3 is 0 Å². The molecule has 86 valence electrons. The molecule has 1 unspecified atom stereocenters. The molecule has 0 amide bonds. The first-order valence-corrected chi connectivity index (χ1v) is 5.79. The average Bonchev–Trinajstić information content (AvgIpc) is 2.62. The molecule has 0 fully saturated rings. The van der Waals surface area contributed by atoms with Crippen LogP contribution in [0, 0.1) is 6.92 Å². The molecule has 4 heteroatoms. The smallest absolute Gasteiger partial charge is 0.243 e. The molecule has 0 aromatic carbocycles. The third kappa shape index (κ3) is 2.15. The van der Waals surface area contributed by atoms with E-state index in [-0.39, 0.29) is 0 Å². The lowest BCUT2D eigenvalue weighted by atomic mass is 10.2. The highest BCUT2D eigenvalue weighted by Gasteiger charge is 2.07. The minimum Gasteiger partial charge on any atom is -0.350 e. The molecule has 0 saturated heterocycles. The summed E-state index contributed by atoms with van der Waals surface area (Å²) in [6.45, 7) is 6.38. The van der Waals surface area contributed by atoms with Crippen LogP contribution in [0.15, 0.2) is 18.3 Å². The summed E-state index contributed by atoms with van der Waals surface area (Å²) in [5.41, 5.74) is 2.07. The maximum Gasteiger partial charge on any atom is 0.243 e. The standard InChI is InChI=1S/C12H18N4/c1-4-6-10(3)13-12-14-11-9(2)7-5-8-16(11)15-12/h5,7-8,10H,4,6H2,1-3H3,(H,13,15). The molecule has 0 aliphatic carbocycles. The highest BCUT2D eigenvalue weighted by atomic mass is 15.3. The molecule has 2 heterocycles. The number of rotatable bonds is 4. The minimum absolute atomic E-state index is 0.419. The summed E-state index contributed by atoms with van der Waals surface area (Å²) < 4.78 is 1.82. The second-order valence-corrected chi connectivity index (χ2v) is 4.23. The number of hydrogen-bond donors (Lipinski definition) is 1. The van der Waals surface area contributed by atoms with Crippen LogP contribution in [0.1, 0.15) is 32.3 Å². The number of anilines is 1. The van der Waals surface area contributed by atoms with Gasteiger partial charge in [0.2, 0.25) is 5.95 Å². The molecule has 0 bridgehead atoms. The SMILES string of the molecule is CCCC(C)Nc1nc2c(C)cccn2n1. The summed E-state index contributed by atoms with van der Waals surface area (Å²) in [7, 11) is 0. The molecule has 1 atom stereocenters. The van der Waals surface area contributed by atoms with Crippen LogP contribution >= 0.6 is 0 Å². The summed E-state index contributed by atoms with van der Waals surface area (Å²) in [5, 5.41) is 7.71. The Morgan fingerprint density at radius 2 is 2.31 bits per heavy atom. The first-order valence-electron chi connectivity index (χ1n) is 5.79. The van der Waals surface area contributed by atoms with E-state index in [2.05, 4.69) is 29.2 Å². The summed E-state index contributed by atoms with van der Waals surface area (Å²) in [4.78, 5) is 4.48. The highest BCUT2D eigenvalue weighted by molar-refractivity contribution is 5.49. The Bertz CT molecular complexity index is 475. The molecule has 0 aliphatic rings. The largest absolute Gasteiger partial charge is 0.350 e. The van der Waals surface area contributed by atoms with Gasteiger partial charge < -0.3 is 5.32 Å². The van der Waals surface area contributed by atoms with Gasteiger partial charge in [-0.05, 0) is 31.9 Å². The zero-order valence-electron chi connectivity index (χ0n) is 10.1. The first kappa shape index (κ1) is 10.9. The van der Waals surface area contributed by atoms with Crippen LogP contribution in [0.4, 0.5) is 5.95 Å². The fourth-order valence-electron chi connectivity index (χ4n) is 1.83. The molecule has 2 aromatic heterocycles. The van der Waals surface area contributed by atoms with Crippen molar-refractivity contribution in [2.75, 3.05) is 5.32 Å². The number of hydrogen-bond acceptors (Lipinski definition) is 3. The minimum atomic E-state index is 0.419. The molecule has 2 rings (SSSR count). The van der Waals surface area contributed by atoms with Gasteiger partial charge in [-0.15, -0.1) is 5.10 Å². The van der Waals surface area contributed by atoms with Gasteiger partial charge in [-0.25, -0.2) is 4.52 Å². The molecular weight excluding hydrogens is 200 g/mol. The normalized spacial score (nSPS) is 12.9. The molecule has 0 radical (unpaired) electrons. The van der Waals surface area contributed by atoms with Gasteiger partial charge in [-0.3, -0.25) is 0 Å². The number of fused-ring (bicyclic) bond motifs is 1. The third-order valence-corrected chi connectivity index (χ3v) is 2.65. The van der Waals surface area contributed by atoms with Crippen molar-refractivity contribution < 1.29 is 0 Å². The van der Waals surface area contributed by atoms with E-state index in [1.807, 2.05) is 29.8 Å². The summed E-state index contributed by atoms with van der Waals surface area (Å²) in [5.74, 6) is 0.718. The van der Waals surface area contributed by atoms with Crippen LogP contribution in [0.2, 0.25) is 0 Å². The van der Waals surface area contributed by atoms with Crippen molar-refractivity contribution in [2.24, 2.45) is 0 Å². The van der Waals surface area contributed by atoms with Crippen molar-refractivity contribution in [3.63, 3.8) is 0 Å². The summed E-state index contributed by atoms with van der Waals surface area (Å²) in [6.07, 6.45) is 4.22. The summed E-state index contributed by atoms with van der Waals surface area (Å²) >= 11 is 0. The van der Waals surface area contributed by atoms with E-state index in [0.717, 1.165) is 23.6 Å². The molecule has 16 heavy (non-hydrogen) atoms. The monoisotopic (exact) mass is 218 g/mol. The van der Waals surface area contributed by atoms with Gasteiger partial charge in [0.1, 0.15) is 0 Å². The second kappa shape index (κ2) is 4.51. The predicted molar refractivity (Wildman–Crippen MR) is 65.7 cm³/mol. The second-order valence-electron chi connectivity index (χ2n) is 4.23. The van der Waals surface area contributed by atoms with Crippen LogP contribution in [0.5, 0.6) is 0 Å². The van der Waals surface area contributed by atoms with Gasteiger partial charge in [0.15, 0.2) is 5.65 Å². The fourth-order valence-corrected chi connectivity index (χ4v) is 1.83. The topological polar surface area (TPSA) is 42.2 Å². The van der Waals surface area contributed by atoms with Crippen LogP contribution in [-0.2, 0) is 0 Å². The Hall–Kier alpha value is -1.58. The van der Waals surface area contributed by atoms with E-state index in [9.17, 15) is 0 Å². The average molecular weight is 218 g/mol. The summed E-state index contributed by atoms with van der Waals surface area (Å²) in [6, 6.07) is 4.45. The van der Waals surface area contributed by atoms with E-state index in [4.69, 9.17) is 0 Å². The van der Waals surface area contributed by atoms with Crippen molar-refractivity contribution in [2.45, 2.75) is 39.7 Å². The molecule has 0 aliphatic heterocycles. The number of pyridine rings is 1. The Balaban J connectivity index is 2.23. The number of nitrogens with zero attached hydrogens (tertiary/aromatic N) is 3. The molecule has 4 nitrogen and oxygen atoms in total. The fraction of sp³-hybridized carbons (Fsp3) is 0.500. The lowest BCUT2D eigenvalue weighted by Crippen LogP contribution is -2.15. The number of nitrogens with one attached hydrogen (secondary N) is 1. The number of aromatic nitrogens is 3. The van der Waals surface area contributed by atoms with Crippen LogP contribution < -0.4 is 5.32 Å². The maximum atomic E-state index is 4.48. The van der Waals surface area contributed by atoms with Gasteiger partial charge in [0.05, 0.1) is 0 Å². The highest BCUT2D eigenvalue weighted by Crippen LogP contribution is 2.11. The van der Waals surface area contributed by atoms with Gasteiger partial charge in [-0.1, -0.05) is 19.4 Å². The lowest BCUT2D eigenvalue weighted by Gasteiger charge is -2.09. The molecular formula is C12H18N4.